The number of amides is 1. The Morgan fingerprint density at radius 2 is 1.71 bits per heavy atom. The number of rotatable bonds is 7. The number of aliphatic carboxylic acids is 2. The zero-order valence-electron chi connectivity index (χ0n) is 10.6. The van der Waals surface area contributed by atoms with Crippen molar-refractivity contribution in [3.8, 4) is 0 Å². The topological polar surface area (TPSA) is 152 Å². The Morgan fingerprint density at radius 1 is 1.14 bits per heavy atom. The Bertz CT molecular complexity index is 567. The van der Waals surface area contributed by atoms with Crippen LogP contribution < -0.4 is 15.5 Å². The first-order chi connectivity index (χ1) is 9.81. The van der Waals surface area contributed by atoms with Crippen LogP contribution in [0.5, 0.6) is 0 Å². The maximum atomic E-state index is 11.8. The third-order valence-corrected chi connectivity index (χ3v) is 2.57. The van der Waals surface area contributed by atoms with Gasteiger partial charge < -0.3 is 25.1 Å². The molecule has 0 aliphatic heterocycles. The molecule has 1 rings (SSSR count). The number of hydrogen-bond donors (Lipinski definition) is 1. The lowest BCUT2D eigenvalue weighted by molar-refractivity contribution is -0.384. The number of non-ortho nitro benzene ring substituents is 1. The summed E-state index contributed by atoms with van der Waals surface area (Å²) in [5.41, 5.74) is -0.222. The van der Waals surface area contributed by atoms with Crippen molar-refractivity contribution in [3.05, 3.63) is 39.9 Å². The van der Waals surface area contributed by atoms with Crippen LogP contribution in [0.1, 0.15) is 23.2 Å². The van der Waals surface area contributed by atoms with Gasteiger partial charge in [-0.15, -0.1) is 0 Å². The Morgan fingerprint density at radius 3 is 2.14 bits per heavy atom. The molecule has 1 aromatic rings. The summed E-state index contributed by atoms with van der Waals surface area (Å²) in [6.45, 7) is 0. The van der Waals surface area contributed by atoms with E-state index in [4.69, 9.17) is 0 Å². The van der Waals surface area contributed by atoms with E-state index in [1.165, 1.54) is 0 Å². The van der Waals surface area contributed by atoms with Crippen molar-refractivity contribution in [1.29, 1.82) is 0 Å². The summed E-state index contributed by atoms with van der Waals surface area (Å²) in [5, 5.41) is 33.6. The van der Waals surface area contributed by atoms with Gasteiger partial charge in [0.1, 0.15) is 0 Å². The molecule has 1 atom stereocenters. The van der Waals surface area contributed by atoms with Gasteiger partial charge in [0.2, 0.25) is 0 Å². The number of carbonyl (C=O) groups excluding carboxylic acids is 3. The van der Waals surface area contributed by atoms with Crippen LogP contribution in [0.25, 0.3) is 0 Å². The summed E-state index contributed by atoms with van der Waals surface area (Å²) in [6.07, 6.45) is -0.942. The molecule has 0 fully saturated rings. The molecule has 0 heterocycles. The number of nitro benzene ring substituents is 1. The average Bonchev–Trinajstić information content (AvgIpc) is 2.42. The summed E-state index contributed by atoms with van der Waals surface area (Å²) in [5.74, 6) is -3.89. The lowest BCUT2D eigenvalue weighted by Gasteiger charge is -2.19. The van der Waals surface area contributed by atoms with Crippen LogP contribution in [-0.4, -0.2) is 28.8 Å². The van der Waals surface area contributed by atoms with Crippen molar-refractivity contribution in [3.63, 3.8) is 0 Å². The SMILES string of the molecule is O=C([O-])CC[C@H](NC(=O)c1ccc([N+](=O)[O-])cc1)C(=O)[O-]. The molecule has 1 amide bonds. The molecule has 0 radical (unpaired) electrons. The van der Waals surface area contributed by atoms with E-state index in [-0.39, 0.29) is 17.7 Å². The maximum Gasteiger partial charge on any atom is 0.269 e. The molecule has 0 bridgehead atoms. The van der Waals surface area contributed by atoms with E-state index in [2.05, 4.69) is 5.32 Å². The second kappa shape index (κ2) is 6.98. The molecule has 1 N–H and O–H groups in total. The summed E-state index contributed by atoms with van der Waals surface area (Å²) in [4.78, 5) is 42.6. The van der Waals surface area contributed by atoms with Gasteiger partial charge in [-0.3, -0.25) is 14.9 Å². The van der Waals surface area contributed by atoms with E-state index < -0.39 is 35.2 Å². The first-order valence-corrected chi connectivity index (χ1v) is 5.77. The van der Waals surface area contributed by atoms with Crippen LogP contribution in [0.2, 0.25) is 0 Å². The molecule has 112 valence electrons. The fourth-order valence-corrected chi connectivity index (χ4v) is 1.49. The predicted molar refractivity (Wildman–Crippen MR) is 63.6 cm³/mol. The quantitative estimate of drug-likeness (QED) is 0.449. The third-order valence-electron chi connectivity index (χ3n) is 2.57. The van der Waals surface area contributed by atoms with E-state index in [1.807, 2.05) is 0 Å². The fourth-order valence-electron chi connectivity index (χ4n) is 1.49. The second-order valence-electron chi connectivity index (χ2n) is 4.06. The smallest absolute Gasteiger partial charge is 0.269 e. The minimum Gasteiger partial charge on any atom is -0.550 e. The molecule has 9 nitrogen and oxygen atoms in total. The molecular weight excluding hydrogens is 284 g/mol. The maximum absolute atomic E-state index is 11.8. The fraction of sp³-hybridized carbons (Fsp3) is 0.250. The van der Waals surface area contributed by atoms with Gasteiger partial charge in [-0.1, -0.05) is 0 Å². The van der Waals surface area contributed by atoms with E-state index in [1.54, 1.807) is 0 Å². The molecule has 0 saturated heterocycles. The number of nitrogens with zero attached hydrogens (tertiary/aromatic N) is 1. The minimum absolute atomic E-state index is 0.000278. The van der Waals surface area contributed by atoms with Crippen molar-refractivity contribution in [2.45, 2.75) is 18.9 Å². The molecule has 0 aromatic heterocycles. The van der Waals surface area contributed by atoms with Crippen molar-refractivity contribution >= 4 is 23.5 Å². The van der Waals surface area contributed by atoms with Gasteiger partial charge in [0.25, 0.3) is 11.6 Å². The predicted octanol–water partition coefficient (Wildman–Crippen LogP) is -2.03. The standard InChI is InChI=1S/C12H12N2O7/c15-10(16)6-5-9(12(18)19)13-11(17)7-1-3-8(4-2-7)14(20)21/h1-4,9H,5-6H2,(H,13,17)(H,15,16)(H,18,19)/p-2/t9-/m0/s1. The van der Waals surface area contributed by atoms with Crippen molar-refractivity contribution in [2.75, 3.05) is 0 Å². The van der Waals surface area contributed by atoms with Crippen LogP contribution >= 0.6 is 0 Å². The molecule has 0 spiro atoms. The van der Waals surface area contributed by atoms with E-state index >= 15 is 0 Å². The van der Waals surface area contributed by atoms with Crippen LogP contribution in [-0.2, 0) is 9.59 Å². The summed E-state index contributed by atoms with van der Waals surface area (Å²) in [6, 6.07) is 2.98. The lowest BCUT2D eigenvalue weighted by Crippen LogP contribution is -2.48. The number of benzene rings is 1. The molecule has 0 unspecified atom stereocenters. The van der Waals surface area contributed by atoms with Gasteiger partial charge in [0.15, 0.2) is 0 Å². The Hall–Kier alpha value is -2.97. The van der Waals surface area contributed by atoms with Gasteiger partial charge in [0, 0.05) is 23.7 Å². The highest BCUT2D eigenvalue weighted by atomic mass is 16.6. The van der Waals surface area contributed by atoms with Crippen LogP contribution in [0.15, 0.2) is 24.3 Å². The molecule has 21 heavy (non-hydrogen) atoms. The minimum atomic E-state index is -1.63. The number of nitro groups is 1. The number of carbonyl (C=O) groups is 3. The van der Waals surface area contributed by atoms with Crippen LogP contribution in [0, 0.1) is 10.1 Å². The highest BCUT2D eigenvalue weighted by molar-refractivity contribution is 5.96. The molecule has 9 heteroatoms. The Balaban J connectivity index is 2.74. The second-order valence-corrected chi connectivity index (χ2v) is 4.06. The number of carboxylic acids is 2. The van der Waals surface area contributed by atoms with Gasteiger partial charge in [-0.2, -0.15) is 0 Å². The molecular formula is C12H10N2O7-2. The monoisotopic (exact) mass is 294 g/mol. The number of carboxylic acid groups (broad SMARTS) is 2. The highest BCUT2D eigenvalue weighted by Gasteiger charge is 2.15. The number of nitrogens with one attached hydrogen (secondary N) is 1. The molecule has 0 saturated carbocycles. The first kappa shape index (κ1) is 16.1. The lowest BCUT2D eigenvalue weighted by atomic mass is 10.1. The molecule has 0 aliphatic rings. The van der Waals surface area contributed by atoms with Gasteiger partial charge in [-0.25, -0.2) is 0 Å². The average molecular weight is 294 g/mol. The van der Waals surface area contributed by atoms with E-state index in [0.29, 0.717) is 0 Å². The normalized spacial score (nSPS) is 11.4. The van der Waals surface area contributed by atoms with Crippen LogP contribution in [0.3, 0.4) is 0 Å². The van der Waals surface area contributed by atoms with Crippen molar-refractivity contribution < 1.29 is 29.5 Å². The van der Waals surface area contributed by atoms with E-state index in [9.17, 15) is 34.7 Å². The first-order valence-electron chi connectivity index (χ1n) is 5.77. The summed E-state index contributed by atoms with van der Waals surface area (Å²) < 4.78 is 0. The molecule has 1 aromatic carbocycles. The van der Waals surface area contributed by atoms with Gasteiger partial charge in [-0.05, 0) is 25.0 Å². The highest BCUT2D eigenvalue weighted by Crippen LogP contribution is 2.12. The number of hydrogen-bond acceptors (Lipinski definition) is 7. The van der Waals surface area contributed by atoms with Crippen LogP contribution in [0.4, 0.5) is 5.69 Å². The largest absolute Gasteiger partial charge is 0.550 e. The molecule has 0 aliphatic carbocycles. The van der Waals surface area contributed by atoms with Gasteiger partial charge in [0.05, 0.1) is 16.9 Å². The Labute approximate surface area is 118 Å². The zero-order valence-corrected chi connectivity index (χ0v) is 10.6. The Kier molecular flexibility index (Phi) is 5.35. The third kappa shape index (κ3) is 4.90. The van der Waals surface area contributed by atoms with Crippen molar-refractivity contribution in [1.82, 2.24) is 5.32 Å². The van der Waals surface area contributed by atoms with Crippen molar-refractivity contribution in [2.24, 2.45) is 0 Å². The van der Waals surface area contributed by atoms with E-state index in [0.717, 1.165) is 24.3 Å². The van der Waals surface area contributed by atoms with Gasteiger partial charge >= 0.3 is 0 Å². The zero-order chi connectivity index (χ0) is 16.0. The summed E-state index contributed by atoms with van der Waals surface area (Å²) in [7, 11) is 0. The summed E-state index contributed by atoms with van der Waals surface area (Å²) >= 11 is 0.